The van der Waals surface area contributed by atoms with Crippen LogP contribution in [-0.2, 0) is 11.8 Å². The van der Waals surface area contributed by atoms with E-state index in [-0.39, 0.29) is 23.8 Å². The number of carbonyl (C=O) groups excluding carboxylic acids is 1. The van der Waals surface area contributed by atoms with Gasteiger partial charge in [-0.1, -0.05) is 36.5 Å². The van der Waals surface area contributed by atoms with Crippen molar-refractivity contribution in [3.8, 4) is 22.8 Å². The largest absolute Gasteiger partial charge is 0.439 e. The number of nitrogens with one attached hydrogen (secondary N) is 1. The molecule has 0 radical (unpaired) electrons. The number of likely N-dealkylation sites (N-methyl/N-ethyl adjacent to an activating group) is 1. The average Bonchev–Trinajstić information content (AvgIpc) is 3.68. The summed E-state index contributed by atoms with van der Waals surface area (Å²) >= 11 is 6.33. The number of rotatable bonds is 6. The smallest absolute Gasteiger partial charge is 0.344 e. The molecule has 12 heteroatoms. The van der Waals surface area contributed by atoms with Crippen LogP contribution >= 0.6 is 11.6 Å². The normalized spacial score (nSPS) is 22.9. The molecule has 41 heavy (non-hydrogen) atoms. The molecule has 1 saturated heterocycles. The van der Waals surface area contributed by atoms with Gasteiger partial charge in [0.2, 0.25) is 17.7 Å². The Morgan fingerprint density at radius 1 is 1.20 bits per heavy atom. The molecule has 216 valence electrons. The number of fused-ring (bicyclic) bond motifs is 1. The molecule has 2 fully saturated rings. The van der Waals surface area contributed by atoms with Crippen LogP contribution in [0.15, 0.2) is 33.8 Å². The van der Waals surface area contributed by atoms with Crippen LogP contribution in [-0.4, -0.2) is 66.1 Å². The number of hydrogen-bond donors (Lipinski definition) is 1. The molecule has 5 heterocycles. The summed E-state index contributed by atoms with van der Waals surface area (Å²) in [5.74, 6) is 1.54. The minimum atomic E-state index is -0.669. The molecule has 1 saturated carbocycles. The first-order valence-electron chi connectivity index (χ1n) is 14.3. The van der Waals surface area contributed by atoms with Crippen molar-refractivity contribution < 1.29 is 9.32 Å². The van der Waals surface area contributed by atoms with Gasteiger partial charge in [-0.3, -0.25) is 19.3 Å². The fourth-order valence-electron chi connectivity index (χ4n) is 6.73. The molecule has 0 bridgehead atoms. The zero-order valence-electron chi connectivity index (χ0n) is 23.8. The third-order valence-corrected chi connectivity index (χ3v) is 9.01. The van der Waals surface area contributed by atoms with Gasteiger partial charge in [0.15, 0.2) is 0 Å². The Balaban J connectivity index is 1.54. The zero-order chi connectivity index (χ0) is 28.8. The molecule has 4 aromatic rings. The van der Waals surface area contributed by atoms with E-state index in [4.69, 9.17) is 26.1 Å². The minimum absolute atomic E-state index is 0.115. The average molecular weight is 579 g/mol. The summed E-state index contributed by atoms with van der Waals surface area (Å²) in [6, 6.07) is 3.50. The number of anilines is 1. The van der Waals surface area contributed by atoms with E-state index in [1.165, 1.54) is 12.8 Å². The van der Waals surface area contributed by atoms with E-state index in [1.807, 2.05) is 25.6 Å². The van der Waals surface area contributed by atoms with Crippen LogP contribution in [0.1, 0.15) is 52.4 Å². The highest BCUT2D eigenvalue weighted by Crippen LogP contribution is 2.43. The molecule has 0 spiro atoms. The minimum Gasteiger partial charge on any atom is -0.344 e. The number of aryl methyl sites for hydroxylation is 1. The lowest BCUT2D eigenvalue weighted by molar-refractivity contribution is -0.131. The second-order valence-corrected chi connectivity index (χ2v) is 11.9. The van der Waals surface area contributed by atoms with Crippen LogP contribution in [0.2, 0.25) is 5.02 Å². The van der Waals surface area contributed by atoms with E-state index < -0.39 is 5.76 Å². The van der Waals surface area contributed by atoms with Crippen LogP contribution in [0.4, 0.5) is 5.95 Å². The third-order valence-electron chi connectivity index (χ3n) is 8.81. The molecule has 1 aliphatic carbocycles. The van der Waals surface area contributed by atoms with Crippen molar-refractivity contribution in [1.29, 1.82) is 0 Å². The number of nitrogens with zero attached hydrogens (tertiary/aromatic N) is 7. The number of carbonyl (C=O) groups is 1. The Hall–Kier alpha value is -3.73. The SMILES string of the molecule is CCN(C)C(=O)C1CCC(C2CCCC(C)C2)N1c1nc2cc(-c3noc(=O)[nH]3)nc(-c3cncc(Cl)c3)c2n1C. The Kier molecular flexibility index (Phi) is 7.31. The van der Waals surface area contributed by atoms with Crippen molar-refractivity contribution in [2.24, 2.45) is 18.9 Å². The molecular formula is C29H35ClN8O3. The first kappa shape index (κ1) is 27.4. The first-order chi connectivity index (χ1) is 19.7. The summed E-state index contributed by atoms with van der Waals surface area (Å²) in [5, 5.41) is 4.33. The summed E-state index contributed by atoms with van der Waals surface area (Å²) in [7, 11) is 3.83. The summed E-state index contributed by atoms with van der Waals surface area (Å²) in [6.07, 6.45) is 9.77. The molecular weight excluding hydrogens is 544 g/mol. The van der Waals surface area contributed by atoms with Gasteiger partial charge in [0, 0.05) is 44.6 Å². The second kappa shape index (κ2) is 10.9. The van der Waals surface area contributed by atoms with Gasteiger partial charge < -0.3 is 14.4 Å². The van der Waals surface area contributed by atoms with Gasteiger partial charge in [0.05, 0.1) is 21.7 Å². The number of imidazole rings is 1. The number of halogens is 1. The maximum atomic E-state index is 13.7. The summed E-state index contributed by atoms with van der Waals surface area (Å²) in [4.78, 5) is 46.4. The molecule has 6 rings (SSSR count). The van der Waals surface area contributed by atoms with Crippen LogP contribution in [0.5, 0.6) is 0 Å². The maximum absolute atomic E-state index is 13.7. The fraction of sp³-hybridized carbons (Fsp3) is 0.517. The van der Waals surface area contributed by atoms with Crippen LogP contribution < -0.4 is 10.7 Å². The van der Waals surface area contributed by atoms with Gasteiger partial charge in [-0.25, -0.2) is 14.8 Å². The Bertz CT molecular complexity index is 1640. The summed E-state index contributed by atoms with van der Waals surface area (Å²) in [5.41, 5.74) is 3.12. The van der Waals surface area contributed by atoms with E-state index in [0.29, 0.717) is 45.9 Å². The Morgan fingerprint density at radius 2 is 2.02 bits per heavy atom. The molecule has 4 aromatic heterocycles. The standard InChI is InChI=1S/C29H35ClN8O3/c1-5-36(3)27(39)23-10-9-22(17-8-6-7-16(2)11-17)38(23)28-33-20-13-21(26-34-29(40)41-35-26)32-24(25(20)37(28)4)18-12-19(30)15-31-14-18/h12-17,22-23H,5-11H2,1-4H3,(H,34,35,40). The zero-order valence-corrected chi connectivity index (χ0v) is 24.6. The molecule has 4 atom stereocenters. The van der Waals surface area contributed by atoms with E-state index in [1.54, 1.807) is 29.4 Å². The maximum Gasteiger partial charge on any atom is 0.439 e. The van der Waals surface area contributed by atoms with Crippen molar-refractivity contribution in [2.75, 3.05) is 18.5 Å². The van der Waals surface area contributed by atoms with Gasteiger partial charge in [-0.15, -0.1) is 0 Å². The fourth-order valence-corrected chi connectivity index (χ4v) is 6.90. The topological polar surface area (TPSA) is 126 Å². The number of H-pyrrole nitrogens is 1. The third kappa shape index (κ3) is 5.00. The van der Waals surface area contributed by atoms with Crippen molar-refractivity contribution in [3.63, 3.8) is 0 Å². The monoisotopic (exact) mass is 578 g/mol. The number of pyridine rings is 2. The predicted molar refractivity (Wildman–Crippen MR) is 157 cm³/mol. The van der Waals surface area contributed by atoms with E-state index >= 15 is 0 Å². The predicted octanol–water partition coefficient (Wildman–Crippen LogP) is 4.67. The van der Waals surface area contributed by atoms with Crippen LogP contribution in [0, 0.1) is 11.8 Å². The highest BCUT2D eigenvalue weighted by molar-refractivity contribution is 6.30. The Labute approximate surface area is 242 Å². The molecule has 0 aromatic carbocycles. The molecule has 4 unspecified atom stereocenters. The van der Waals surface area contributed by atoms with E-state index in [0.717, 1.165) is 37.1 Å². The van der Waals surface area contributed by atoms with Crippen molar-refractivity contribution in [3.05, 3.63) is 40.1 Å². The molecule has 1 aliphatic heterocycles. The lowest BCUT2D eigenvalue weighted by Gasteiger charge is -2.39. The van der Waals surface area contributed by atoms with Crippen molar-refractivity contribution in [1.82, 2.24) is 34.6 Å². The molecule has 11 nitrogen and oxygen atoms in total. The number of aromatic nitrogens is 6. The lowest BCUT2D eigenvalue weighted by atomic mass is 9.78. The van der Waals surface area contributed by atoms with Gasteiger partial charge >= 0.3 is 5.76 Å². The van der Waals surface area contributed by atoms with Crippen molar-refractivity contribution >= 4 is 34.5 Å². The molecule has 1 N–H and O–H groups in total. The second-order valence-electron chi connectivity index (χ2n) is 11.5. The highest BCUT2D eigenvalue weighted by atomic mass is 35.5. The van der Waals surface area contributed by atoms with E-state index in [2.05, 4.69) is 26.9 Å². The Morgan fingerprint density at radius 3 is 2.73 bits per heavy atom. The molecule has 2 aliphatic rings. The van der Waals surface area contributed by atoms with Crippen LogP contribution in [0.3, 0.4) is 0 Å². The van der Waals surface area contributed by atoms with Gasteiger partial charge in [0.1, 0.15) is 11.7 Å². The number of hydrogen-bond acceptors (Lipinski definition) is 8. The van der Waals surface area contributed by atoms with Crippen molar-refractivity contribution in [2.45, 2.75) is 64.5 Å². The van der Waals surface area contributed by atoms with Gasteiger partial charge in [-0.05, 0) is 56.6 Å². The summed E-state index contributed by atoms with van der Waals surface area (Å²) < 4.78 is 6.79. The number of amides is 1. The van der Waals surface area contributed by atoms with Crippen LogP contribution in [0.25, 0.3) is 33.8 Å². The van der Waals surface area contributed by atoms with Gasteiger partial charge in [-0.2, -0.15) is 0 Å². The summed E-state index contributed by atoms with van der Waals surface area (Å²) in [6.45, 7) is 4.98. The van der Waals surface area contributed by atoms with Gasteiger partial charge in [0.25, 0.3) is 0 Å². The molecule has 1 amide bonds. The van der Waals surface area contributed by atoms with E-state index in [9.17, 15) is 9.59 Å². The quantitative estimate of drug-likeness (QED) is 0.350. The highest BCUT2D eigenvalue weighted by Gasteiger charge is 2.45. The lowest BCUT2D eigenvalue weighted by Crippen LogP contribution is -2.50. The number of aromatic amines is 1. The first-order valence-corrected chi connectivity index (χ1v) is 14.7.